The molecular formula is C29H38N2O4. The van der Waals surface area contributed by atoms with Crippen LogP contribution in [-0.2, 0) is 16.1 Å². The Balaban J connectivity index is 1.44. The van der Waals surface area contributed by atoms with Crippen LogP contribution in [-0.4, -0.2) is 46.6 Å². The van der Waals surface area contributed by atoms with Crippen molar-refractivity contribution < 1.29 is 19.4 Å². The summed E-state index contributed by atoms with van der Waals surface area (Å²) in [4.78, 5) is 29.5. The summed E-state index contributed by atoms with van der Waals surface area (Å²) >= 11 is 0. The van der Waals surface area contributed by atoms with Gasteiger partial charge in [0.1, 0.15) is 5.75 Å². The van der Waals surface area contributed by atoms with Gasteiger partial charge in [0.05, 0.1) is 5.92 Å². The summed E-state index contributed by atoms with van der Waals surface area (Å²) in [6.45, 7) is 9.68. The zero-order valence-corrected chi connectivity index (χ0v) is 21.4. The Morgan fingerprint density at radius 3 is 2.46 bits per heavy atom. The van der Waals surface area contributed by atoms with Crippen molar-refractivity contribution >= 4 is 17.6 Å². The van der Waals surface area contributed by atoms with Crippen molar-refractivity contribution in [2.24, 2.45) is 5.92 Å². The van der Waals surface area contributed by atoms with Crippen LogP contribution in [0.2, 0.25) is 0 Å². The number of carboxylic acid groups (broad SMARTS) is 1. The molecule has 0 spiro atoms. The molecule has 2 aromatic rings. The van der Waals surface area contributed by atoms with Crippen molar-refractivity contribution in [1.82, 2.24) is 4.90 Å². The fourth-order valence-electron chi connectivity index (χ4n) is 4.71. The van der Waals surface area contributed by atoms with E-state index in [2.05, 4.69) is 47.9 Å². The number of carboxylic acids is 1. The molecule has 1 saturated carbocycles. The van der Waals surface area contributed by atoms with Crippen LogP contribution < -0.4 is 9.64 Å². The standard InChI is InChI=1S/C29H38N2O4/c1-20(2)22-12-10-21(11-13-22)18-31(24-14-15-24)27(32)23-7-6-16-30(19-23)25-8-5-9-26(17-25)35-29(3,4)28(33)34/h5,8-13,17,20,23-24H,6-7,14-16,18-19H2,1-4H3,(H,33,34)/t23-/m1/s1. The number of ether oxygens (including phenoxy) is 1. The Bertz CT molecular complexity index is 1040. The van der Waals surface area contributed by atoms with Gasteiger partial charge in [-0.1, -0.05) is 44.2 Å². The van der Waals surface area contributed by atoms with Crippen LogP contribution >= 0.6 is 0 Å². The lowest BCUT2D eigenvalue weighted by atomic mass is 9.95. The molecule has 188 valence electrons. The number of hydrogen-bond acceptors (Lipinski definition) is 4. The highest BCUT2D eigenvalue weighted by Gasteiger charge is 2.37. The van der Waals surface area contributed by atoms with Gasteiger partial charge in [0.25, 0.3) is 0 Å². The molecule has 35 heavy (non-hydrogen) atoms. The molecule has 1 atom stereocenters. The summed E-state index contributed by atoms with van der Waals surface area (Å²) in [6.07, 6.45) is 4.02. The highest BCUT2D eigenvalue weighted by molar-refractivity contribution is 5.80. The van der Waals surface area contributed by atoms with Gasteiger partial charge in [-0.05, 0) is 68.7 Å². The van der Waals surface area contributed by atoms with E-state index in [4.69, 9.17) is 4.74 Å². The highest BCUT2D eigenvalue weighted by atomic mass is 16.5. The van der Waals surface area contributed by atoms with Crippen LogP contribution in [0, 0.1) is 5.92 Å². The molecule has 4 rings (SSSR count). The van der Waals surface area contributed by atoms with Gasteiger partial charge in [-0.2, -0.15) is 0 Å². The van der Waals surface area contributed by atoms with Crippen molar-refractivity contribution in [2.45, 2.75) is 77.5 Å². The third-order valence-electron chi connectivity index (χ3n) is 7.11. The maximum absolute atomic E-state index is 13.7. The average molecular weight is 479 g/mol. The van der Waals surface area contributed by atoms with Gasteiger partial charge < -0.3 is 19.6 Å². The largest absolute Gasteiger partial charge is 0.478 e. The van der Waals surface area contributed by atoms with Gasteiger partial charge in [0, 0.05) is 37.4 Å². The topological polar surface area (TPSA) is 70.1 Å². The molecule has 1 saturated heterocycles. The van der Waals surface area contributed by atoms with Crippen LogP contribution in [0.3, 0.4) is 0 Å². The zero-order valence-electron chi connectivity index (χ0n) is 21.4. The minimum absolute atomic E-state index is 0.0423. The predicted molar refractivity (Wildman–Crippen MR) is 138 cm³/mol. The molecule has 0 bridgehead atoms. The molecule has 2 aromatic carbocycles. The number of aliphatic carboxylic acids is 1. The van der Waals surface area contributed by atoms with Crippen molar-refractivity contribution in [3.63, 3.8) is 0 Å². The number of benzene rings is 2. The Morgan fingerprint density at radius 1 is 1.11 bits per heavy atom. The van der Waals surface area contributed by atoms with Crippen molar-refractivity contribution in [3.05, 3.63) is 59.7 Å². The van der Waals surface area contributed by atoms with E-state index in [-0.39, 0.29) is 11.8 Å². The van der Waals surface area contributed by atoms with Crippen LogP contribution in [0.4, 0.5) is 5.69 Å². The maximum atomic E-state index is 13.7. The van der Waals surface area contributed by atoms with E-state index in [1.165, 1.54) is 11.1 Å². The second kappa shape index (κ2) is 10.3. The molecule has 0 unspecified atom stereocenters. The number of nitrogens with zero attached hydrogens (tertiary/aromatic N) is 2. The molecule has 1 aliphatic heterocycles. The SMILES string of the molecule is CC(C)c1ccc(CN(C(=O)[C@@H]2CCCN(c3cccc(OC(C)(C)C(=O)O)c3)C2)C2CC2)cc1. The maximum Gasteiger partial charge on any atom is 0.347 e. The van der Waals surface area contributed by atoms with E-state index in [1.54, 1.807) is 19.9 Å². The monoisotopic (exact) mass is 478 g/mol. The fraction of sp³-hybridized carbons (Fsp3) is 0.517. The third kappa shape index (κ3) is 6.16. The minimum atomic E-state index is -1.31. The first-order chi connectivity index (χ1) is 16.6. The van der Waals surface area contributed by atoms with Gasteiger partial charge in [0.15, 0.2) is 5.60 Å². The first-order valence-corrected chi connectivity index (χ1v) is 12.8. The molecule has 1 aliphatic carbocycles. The van der Waals surface area contributed by atoms with Gasteiger partial charge in [-0.15, -0.1) is 0 Å². The van der Waals surface area contributed by atoms with Gasteiger partial charge in [-0.25, -0.2) is 4.79 Å². The lowest BCUT2D eigenvalue weighted by Gasteiger charge is -2.36. The van der Waals surface area contributed by atoms with E-state index < -0.39 is 11.6 Å². The Hall–Kier alpha value is -3.02. The lowest BCUT2D eigenvalue weighted by Crippen LogP contribution is -2.45. The van der Waals surface area contributed by atoms with Crippen LogP contribution in [0.1, 0.15) is 70.4 Å². The molecule has 0 aromatic heterocycles. The number of carbonyl (C=O) groups is 2. The Labute approximate surface area is 208 Å². The second-order valence-corrected chi connectivity index (χ2v) is 10.8. The molecule has 0 radical (unpaired) electrons. The molecule has 6 heteroatoms. The van der Waals surface area contributed by atoms with Crippen molar-refractivity contribution in [3.8, 4) is 5.75 Å². The number of carbonyl (C=O) groups excluding carboxylic acids is 1. The van der Waals surface area contributed by atoms with Crippen LogP contribution in [0.25, 0.3) is 0 Å². The Morgan fingerprint density at radius 2 is 1.83 bits per heavy atom. The van der Waals surface area contributed by atoms with Crippen LogP contribution in [0.15, 0.2) is 48.5 Å². The van der Waals surface area contributed by atoms with E-state index >= 15 is 0 Å². The number of piperidine rings is 1. The fourth-order valence-corrected chi connectivity index (χ4v) is 4.71. The van der Waals surface area contributed by atoms with Crippen molar-refractivity contribution in [2.75, 3.05) is 18.0 Å². The highest BCUT2D eigenvalue weighted by Crippen LogP contribution is 2.33. The van der Waals surface area contributed by atoms with E-state index in [9.17, 15) is 14.7 Å². The summed E-state index contributed by atoms with van der Waals surface area (Å²) in [6, 6.07) is 16.6. The number of anilines is 1. The number of rotatable bonds is 9. The first kappa shape index (κ1) is 25.1. The van der Waals surface area contributed by atoms with Gasteiger partial charge in [-0.3, -0.25) is 4.79 Å². The van der Waals surface area contributed by atoms with Crippen LogP contribution in [0.5, 0.6) is 5.75 Å². The van der Waals surface area contributed by atoms with Gasteiger partial charge >= 0.3 is 5.97 Å². The third-order valence-corrected chi connectivity index (χ3v) is 7.11. The Kier molecular flexibility index (Phi) is 7.39. The molecule has 1 N–H and O–H groups in total. The number of amides is 1. The summed E-state index contributed by atoms with van der Waals surface area (Å²) in [5.41, 5.74) is 2.16. The lowest BCUT2D eigenvalue weighted by molar-refractivity contribution is -0.152. The van der Waals surface area contributed by atoms with Crippen molar-refractivity contribution in [1.29, 1.82) is 0 Å². The minimum Gasteiger partial charge on any atom is -0.478 e. The summed E-state index contributed by atoms with van der Waals surface area (Å²) in [5, 5.41) is 9.38. The molecule has 2 aliphatic rings. The molecule has 6 nitrogen and oxygen atoms in total. The zero-order chi connectivity index (χ0) is 25.2. The molecule has 2 fully saturated rings. The molecular weight excluding hydrogens is 440 g/mol. The van der Waals surface area contributed by atoms with E-state index in [1.807, 2.05) is 18.2 Å². The average Bonchev–Trinajstić information content (AvgIpc) is 3.68. The molecule has 1 amide bonds. The summed E-state index contributed by atoms with van der Waals surface area (Å²) in [7, 11) is 0. The summed E-state index contributed by atoms with van der Waals surface area (Å²) < 4.78 is 5.74. The quantitative estimate of drug-likeness (QED) is 0.518. The van der Waals surface area contributed by atoms with E-state index in [0.717, 1.165) is 37.9 Å². The number of hydrogen-bond donors (Lipinski definition) is 1. The predicted octanol–water partition coefficient (Wildman–Crippen LogP) is 5.46. The second-order valence-electron chi connectivity index (χ2n) is 10.8. The smallest absolute Gasteiger partial charge is 0.347 e. The molecule has 1 heterocycles. The van der Waals surface area contributed by atoms with E-state index in [0.29, 0.717) is 30.8 Å². The van der Waals surface area contributed by atoms with Gasteiger partial charge in [0.2, 0.25) is 5.91 Å². The first-order valence-electron chi connectivity index (χ1n) is 12.8. The summed E-state index contributed by atoms with van der Waals surface area (Å²) in [5.74, 6) is 0.222. The normalized spacial score (nSPS) is 18.4.